The van der Waals surface area contributed by atoms with Gasteiger partial charge in [-0.2, -0.15) is 13.2 Å². The van der Waals surface area contributed by atoms with Gasteiger partial charge < -0.3 is 10.3 Å². The van der Waals surface area contributed by atoms with Crippen molar-refractivity contribution in [2.75, 3.05) is 6.54 Å². The molecular weight excluding hydrogens is 269 g/mol. The largest absolute Gasteiger partial charge is 0.389 e. The Balaban J connectivity index is 1.93. The fourth-order valence-corrected chi connectivity index (χ4v) is 1.96. The molecule has 0 saturated heterocycles. The molecular formula is C14H15F3N2O. The summed E-state index contributed by atoms with van der Waals surface area (Å²) >= 11 is 0. The first kappa shape index (κ1) is 14.6. The highest BCUT2D eigenvalue weighted by molar-refractivity contribution is 5.78. The van der Waals surface area contributed by atoms with Crippen molar-refractivity contribution < 1.29 is 13.2 Å². The zero-order valence-electron chi connectivity index (χ0n) is 10.8. The average molecular weight is 284 g/mol. The minimum Gasteiger partial charge on any atom is -0.322 e. The van der Waals surface area contributed by atoms with Gasteiger partial charge in [-0.15, -0.1) is 0 Å². The highest BCUT2D eigenvalue weighted by atomic mass is 19.4. The quantitative estimate of drug-likeness (QED) is 0.829. The molecule has 6 heteroatoms. The Morgan fingerprint density at radius 1 is 1.20 bits per heavy atom. The lowest BCUT2D eigenvalue weighted by molar-refractivity contribution is -0.135. The molecule has 0 aliphatic carbocycles. The second-order valence-corrected chi connectivity index (χ2v) is 4.61. The van der Waals surface area contributed by atoms with Crippen molar-refractivity contribution in [1.29, 1.82) is 0 Å². The van der Waals surface area contributed by atoms with Crippen molar-refractivity contribution in [3.8, 4) is 0 Å². The number of aromatic nitrogens is 1. The molecule has 108 valence electrons. The van der Waals surface area contributed by atoms with Crippen LogP contribution in [0, 0.1) is 0 Å². The van der Waals surface area contributed by atoms with Gasteiger partial charge in [0.25, 0.3) is 5.56 Å². The first-order valence-electron chi connectivity index (χ1n) is 6.34. The molecule has 0 bridgehead atoms. The summed E-state index contributed by atoms with van der Waals surface area (Å²) in [5.41, 5.74) is 1.06. The molecule has 2 rings (SSSR count). The Hall–Kier alpha value is -1.82. The van der Waals surface area contributed by atoms with Crippen LogP contribution in [0.5, 0.6) is 0 Å². The van der Waals surface area contributed by atoms with E-state index in [0.717, 1.165) is 10.9 Å². The monoisotopic (exact) mass is 284 g/mol. The Morgan fingerprint density at radius 3 is 2.70 bits per heavy atom. The van der Waals surface area contributed by atoms with Gasteiger partial charge in [-0.05, 0) is 30.5 Å². The third-order valence-corrected chi connectivity index (χ3v) is 2.96. The molecule has 20 heavy (non-hydrogen) atoms. The summed E-state index contributed by atoms with van der Waals surface area (Å²) in [5, 5.41) is 3.76. The minimum absolute atomic E-state index is 0.00891. The number of hydrogen-bond donors (Lipinski definition) is 2. The Labute approximate surface area is 113 Å². The maximum Gasteiger partial charge on any atom is 0.389 e. The summed E-state index contributed by atoms with van der Waals surface area (Å²) < 4.78 is 35.9. The van der Waals surface area contributed by atoms with Gasteiger partial charge in [-0.3, -0.25) is 4.79 Å². The highest BCUT2D eigenvalue weighted by Crippen LogP contribution is 2.20. The van der Waals surface area contributed by atoms with Gasteiger partial charge in [0.2, 0.25) is 0 Å². The zero-order chi connectivity index (χ0) is 14.6. The number of alkyl halides is 3. The summed E-state index contributed by atoms with van der Waals surface area (Å²) in [4.78, 5) is 14.5. The maximum atomic E-state index is 12.0. The van der Waals surface area contributed by atoms with Crippen molar-refractivity contribution in [2.45, 2.75) is 25.6 Å². The van der Waals surface area contributed by atoms with Gasteiger partial charge in [-0.25, -0.2) is 0 Å². The number of hydrogen-bond acceptors (Lipinski definition) is 2. The zero-order valence-corrected chi connectivity index (χ0v) is 10.8. The van der Waals surface area contributed by atoms with Crippen LogP contribution in [0.3, 0.4) is 0 Å². The molecule has 0 fully saturated rings. The SMILES string of the molecule is O=c1[nH]c2ccccc2cc1CNCCCC(F)(F)F. The standard InChI is InChI=1S/C14H15F3N2O/c15-14(16,17)6-3-7-18-9-11-8-10-4-1-2-5-12(10)19-13(11)20/h1-2,4-5,8,18H,3,6-7,9H2,(H,19,20). The number of halogens is 3. The lowest BCUT2D eigenvalue weighted by Crippen LogP contribution is -2.22. The number of nitrogens with one attached hydrogen (secondary N) is 2. The normalized spacial score (nSPS) is 11.9. The number of H-pyrrole nitrogens is 1. The van der Waals surface area contributed by atoms with Gasteiger partial charge in [0.1, 0.15) is 0 Å². The molecule has 1 aromatic carbocycles. The van der Waals surface area contributed by atoms with E-state index >= 15 is 0 Å². The van der Waals surface area contributed by atoms with E-state index in [1.807, 2.05) is 18.2 Å². The van der Waals surface area contributed by atoms with Crippen LogP contribution in [-0.2, 0) is 6.54 Å². The predicted octanol–water partition coefficient (Wildman–Crippen LogP) is 2.96. The van der Waals surface area contributed by atoms with Crippen LogP contribution in [0.15, 0.2) is 35.1 Å². The molecule has 0 atom stereocenters. The molecule has 1 heterocycles. The van der Waals surface area contributed by atoms with Gasteiger partial charge >= 0.3 is 6.18 Å². The summed E-state index contributed by atoms with van der Waals surface area (Å²) in [5.74, 6) is 0. The van der Waals surface area contributed by atoms with Crippen LogP contribution in [0.4, 0.5) is 13.2 Å². The molecule has 0 unspecified atom stereocenters. The van der Waals surface area contributed by atoms with E-state index in [0.29, 0.717) is 5.56 Å². The average Bonchev–Trinajstić information content (AvgIpc) is 2.37. The lowest BCUT2D eigenvalue weighted by atomic mass is 10.1. The van der Waals surface area contributed by atoms with E-state index in [2.05, 4.69) is 10.3 Å². The van der Waals surface area contributed by atoms with Crippen LogP contribution in [-0.4, -0.2) is 17.7 Å². The lowest BCUT2D eigenvalue weighted by Gasteiger charge is -2.07. The summed E-state index contributed by atoms with van der Waals surface area (Å²) in [6, 6.07) is 9.12. The highest BCUT2D eigenvalue weighted by Gasteiger charge is 2.25. The number of benzene rings is 1. The molecule has 0 aliphatic heterocycles. The van der Waals surface area contributed by atoms with Crippen LogP contribution < -0.4 is 10.9 Å². The van der Waals surface area contributed by atoms with E-state index in [9.17, 15) is 18.0 Å². The summed E-state index contributed by atoms with van der Waals surface area (Å²) in [6.07, 6.45) is -4.93. The Bertz CT molecular complexity index is 634. The van der Waals surface area contributed by atoms with Crippen LogP contribution in [0.2, 0.25) is 0 Å². The molecule has 2 aromatic rings. The minimum atomic E-state index is -4.12. The van der Waals surface area contributed by atoms with E-state index in [-0.39, 0.29) is 25.1 Å². The van der Waals surface area contributed by atoms with Crippen molar-refractivity contribution in [3.63, 3.8) is 0 Å². The van der Waals surface area contributed by atoms with Crippen molar-refractivity contribution in [3.05, 3.63) is 46.2 Å². The number of para-hydroxylation sites is 1. The molecule has 0 saturated carbocycles. The number of aromatic amines is 1. The number of pyridine rings is 1. The fourth-order valence-electron chi connectivity index (χ4n) is 1.96. The van der Waals surface area contributed by atoms with Crippen LogP contribution in [0.1, 0.15) is 18.4 Å². The topological polar surface area (TPSA) is 44.9 Å². The van der Waals surface area contributed by atoms with Crippen LogP contribution in [0.25, 0.3) is 10.9 Å². The van der Waals surface area contributed by atoms with Crippen molar-refractivity contribution in [1.82, 2.24) is 10.3 Å². The molecule has 0 amide bonds. The second-order valence-electron chi connectivity index (χ2n) is 4.61. The van der Waals surface area contributed by atoms with E-state index in [1.165, 1.54) is 0 Å². The predicted molar refractivity (Wildman–Crippen MR) is 71.6 cm³/mol. The molecule has 0 radical (unpaired) electrons. The first-order chi connectivity index (χ1) is 9.46. The third kappa shape index (κ3) is 4.09. The van der Waals surface area contributed by atoms with Crippen LogP contribution >= 0.6 is 0 Å². The maximum absolute atomic E-state index is 12.0. The van der Waals surface area contributed by atoms with Crippen molar-refractivity contribution in [2.24, 2.45) is 0 Å². The Kier molecular flexibility index (Phi) is 4.44. The smallest absolute Gasteiger partial charge is 0.322 e. The number of rotatable bonds is 5. The Morgan fingerprint density at radius 2 is 1.95 bits per heavy atom. The first-order valence-corrected chi connectivity index (χ1v) is 6.34. The van der Waals surface area contributed by atoms with Gasteiger partial charge in [-0.1, -0.05) is 18.2 Å². The van der Waals surface area contributed by atoms with E-state index in [4.69, 9.17) is 0 Å². The molecule has 0 aliphatic rings. The molecule has 3 nitrogen and oxygen atoms in total. The van der Waals surface area contributed by atoms with Gasteiger partial charge in [0.15, 0.2) is 0 Å². The third-order valence-electron chi connectivity index (χ3n) is 2.96. The van der Waals surface area contributed by atoms with E-state index < -0.39 is 12.6 Å². The van der Waals surface area contributed by atoms with Crippen molar-refractivity contribution >= 4 is 10.9 Å². The number of fused-ring (bicyclic) bond motifs is 1. The summed E-state index contributed by atoms with van der Waals surface area (Å²) in [7, 11) is 0. The fraction of sp³-hybridized carbons (Fsp3) is 0.357. The summed E-state index contributed by atoms with van der Waals surface area (Å²) in [6.45, 7) is 0.490. The van der Waals surface area contributed by atoms with Gasteiger partial charge in [0, 0.05) is 24.0 Å². The van der Waals surface area contributed by atoms with E-state index in [1.54, 1.807) is 12.1 Å². The molecule has 0 spiro atoms. The van der Waals surface area contributed by atoms with Gasteiger partial charge in [0.05, 0.1) is 0 Å². The molecule has 1 aromatic heterocycles. The molecule has 2 N–H and O–H groups in total. The second kappa shape index (κ2) is 6.09.